The summed E-state index contributed by atoms with van der Waals surface area (Å²) in [7, 11) is 0. The van der Waals surface area contributed by atoms with Crippen molar-refractivity contribution in [1.29, 1.82) is 0 Å². The van der Waals surface area contributed by atoms with E-state index in [-0.39, 0.29) is 17.8 Å². The highest BCUT2D eigenvalue weighted by atomic mass is 16.4. The molecule has 1 rings (SSSR count). The molecule has 0 amide bonds. The molecule has 3 heteroatoms. The van der Waals surface area contributed by atoms with Crippen LogP contribution in [0.5, 0.6) is 0 Å². The minimum Gasteiger partial charge on any atom is -0.511 e. The Kier molecular flexibility index (Phi) is 1.81. The van der Waals surface area contributed by atoms with Crippen LogP contribution in [0, 0.1) is 0 Å². The lowest BCUT2D eigenvalue weighted by Gasteiger charge is -2.08. The van der Waals surface area contributed by atoms with Crippen molar-refractivity contribution in [3.8, 4) is 0 Å². The highest BCUT2D eigenvalue weighted by molar-refractivity contribution is 5.91. The molecule has 2 N–H and O–H groups in total. The van der Waals surface area contributed by atoms with Gasteiger partial charge in [0.2, 0.25) is 0 Å². The summed E-state index contributed by atoms with van der Waals surface area (Å²) in [5, 5.41) is 17.6. The van der Waals surface area contributed by atoms with Crippen molar-refractivity contribution in [3.05, 3.63) is 35.6 Å². The van der Waals surface area contributed by atoms with Crippen LogP contribution < -0.4 is 0 Å². The molecule has 0 atom stereocenters. The Morgan fingerprint density at radius 2 is 2.18 bits per heavy atom. The van der Waals surface area contributed by atoms with Crippen molar-refractivity contribution < 1.29 is 15.0 Å². The van der Waals surface area contributed by atoms with Gasteiger partial charge in [-0.05, 0) is 11.6 Å². The lowest BCUT2D eigenvalue weighted by molar-refractivity contribution is -0.132. The molecule has 1 aliphatic rings. The van der Waals surface area contributed by atoms with Crippen LogP contribution in [0.3, 0.4) is 0 Å². The van der Waals surface area contributed by atoms with Gasteiger partial charge >= 0.3 is 5.97 Å². The third kappa shape index (κ3) is 1.49. The van der Waals surface area contributed by atoms with Crippen LogP contribution in [0.15, 0.2) is 35.6 Å². The Morgan fingerprint density at radius 3 is 2.64 bits per heavy atom. The van der Waals surface area contributed by atoms with Crippen LogP contribution in [0.1, 0.15) is 6.42 Å². The van der Waals surface area contributed by atoms with Crippen molar-refractivity contribution >= 4 is 5.97 Å². The zero-order valence-electron chi connectivity index (χ0n) is 5.87. The molecule has 0 bridgehead atoms. The summed E-state index contributed by atoms with van der Waals surface area (Å²) in [5.41, 5.74) is 0.671. The maximum Gasteiger partial charge on any atom is 0.339 e. The molecule has 1 aliphatic carbocycles. The quantitative estimate of drug-likeness (QED) is 0.597. The highest BCUT2D eigenvalue weighted by Crippen LogP contribution is 2.19. The summed E-state index contributed by atoms with van der Waals surface area (Å²) >= 11 is 0. The van der Waals surface area contributed by atoms with E-state index in [1.54, 1.807) is 6.08 Å². The maximum absolute atomic E-state index is 10.4. The Labute approximate surface area is 64.0 Å². The van der Waals surface area contributed by atoms with Crippen LogP contribution in [0.25, 0.3) is 0 Å². The van der Waals surface area contributed by atoms with Gasteiger partial charge in [0, 0.05) is 6.42 Å². The summed E-state index contributed by atoms with van der Waals surface area (Å²) in [6, 6.07) is 0. The van der Waals surface area contributed by atoms with E-state index in [9.17, 15) is 4.79 Å². The molecule has 0 saturated carbocycles. The number of carboxylic acids is 1. The molecule has 0 aromatic heterocycles. The lowest BCUT2D eigenvalue weighted by atomic mass is 10.0. The first kappa shape index (κ1) is 7.60. The standard InChI is InChI=1S/C8H8O3/c1-5-2-3-6(8(10)11)7(9)4-5/h2-3,9H,1,4H2,(H,10,11). The Balaban J connectivity index is 2.97. The second-order valence-corrected chi connectivity index (χ2v) is 2.33. The number of rotatable bonds is 1. The molecule has 0 aliphatic heterocycles. The normalized spacial score (nSPS) is 17.3. The van der Waals surface area contributed by atoms with Gasteiger partial charge in [-0.1, -0.05) is 12.7 Å². The van der Waals surface area contributed by atoms with Gasteiger partial charge < -0.3 is 10.2 Å². The van der Waals surface area contributed by atoms with E-state index in [0.717, 1.165) is 0 Å². The zero-order chi connectivity index (χ0) is 8.43. The molecule has 3 nitrogen and oxygen atoms in total. The molecule has 11 heavy (non-hydrogen) atoms. The summed E-state index contributed by atoms with van der Waals surface area (Å²) in [6.45, 7) is 3.58. The van der Waals surface area contributed by atoms with E-state index >= 15 is 0 Å². The van der Waals surface area contributed by atoms with Crippen molar-refractivity contribution in [2.75, 3.05) is 0 Å². The summed E-state index contributed by atoms with van der Waals surface area (Å²) < 4.78 is 0. The number of carbonyl (C=O) groups is 1. The minimum atomic E-state index is -1.11. The van der Waals surface area contributed by atoms with E-state index in [1.807, 2.05) is 0 Å². The number of aliphatic hydroxyl groups is 1. The van der Waals surface area contributed by atoms with Crippen LogP contribution in [-0.4, -0.2) is 16.2 Å². The van der Waals surface area contributed by atoms with Crippen LogP contribution in [-0.2, 0) is 4.79 Å². The summed E-state index contributed by atoms with van der Waals surface area (Å²) in [5.74, 6) is -1.23. The molecule has 0 spiro atoms. The molecule has 0 heterocycles. The largest absolute Gasteiger partial charge is 0.511 e. The van der Waals surface area contributed by atoms with E-state index < -0.39 is 5.97 Å². The second kappa shape index (κ2) is 2.62. The summed E-state index contributed by atoms with van der Waals surface area (Å²) in [6.07, 6.45) is 3.17. The first-order valence-electron chi connectivity index (χ1n) is 3.12. The first-order valence-corrected chi connectivity index (χ1v) is 3.12. The fraction of sp³-hybridized carbons (Fsp3) is 0.125. The van der Waals surface area contributed by atoms with Crippen molar-refractivity contribution in [3.63, 3.8) is 0 Å². The number of hydrogen-bond acceptors (Lipinski definition) is 2. The maximum atomic E-state index is 10.4. The molecule has 0 radical (unpaired) electrons. The minimum absolute atomic E-state index is 0.0441. The Hall–Kier alpha value is -1.51. The molecule has 58 valence electrons. The molecule has 0 saturated heterocycles. The van der Waals surface area contributed by atoms with Gasteiger partial charge in [0.1, 0.15) is 5.76 Å². The highest BCUT2D eigenvalue weighted by Gasteiger charge is 2.14. The van der Waals surface area contributed by atoms with Crippen molar-refractivity contribution in [1.82, 2.24) is 0 Å². The number of aliphatic carboxylic acids is 1. The SMILES string of the molecule is C=C1C=CC(C(=O)O)=C(O)C1. The topological polar surface area (TPSA) is 57.5 Å². The Morgan fingerprint density at radius 1 is 1.55 bits per heavy atom. The van der Waals surface area contributed by atoms with Crippen LogP contribution in [0.2, 0.25) is 0 Å². The van der Waals surface area contributed by atoms with Gasteiger partial charge in [0.15, 0.2) is 0 Å². The third-order valence-electron chi connectivity index (χ3n) is 1.42. The van der Waals surface area contributed by atoms with Crippen molar-refractivity contribution in [2.45, 2.75) is 6.42 Å². The van der Waals surface area contributed by atoms with Crippen LogP contribution >= 0.6 is 0 Å². The van der Waals surface area contributed by atoms with Crippen molar-refractivity contribution in [2.24, 2.45) is 0 Å². The monoisotopic (exact) mass is 152 g/mol. The van der Waals surface area contributed by atoms with Gasteiger partial charge in [-0.3, -0.25) is 0 Å². The third-order valence-corrected chi connectivity index (χ3v) is 1.42. The number of hydrogen-bond donors (Lipinski definition) is 2. The van der Waals surface area contributed by atoms with Gasteiger partial charge in [-0.25, -0.2) is 4.79 Å². The fourth-order valence-corrected chi connectivity index (χ4v) is 0.861. The summed E-state index contributed by atoms with van der Waals surface area (Å²) in [4.78, 5) is 10.4. The fourth-order valence-electron chi connectivity index (χ4n) is 0.861. The lowest BCUT2D eigenvalue weighted by Crippen LogP contribution is -2.05. The average Bonchev–Trinajstić information content (AvgIpc) is 1.85. The van der Waals surface area contributed by atoms with E-state index in [0.29, 0.717) is 5.57 Å². The van der Waals surface area contributed by atoms with E-state index in [4.69, 9.17) is 10.2 Å². The van der Waals surface area contributed by atoms with Gasteiger partial charge in [-0.15, -0.1) is 0 Å². The van der Waals surface area contributed by atoms with Gasteiger partial charge in [0.05, 0.1) is 5.57 Å². The number of carboxylic acid groups (broad SMARTS) is 1. The molecule has 0 aromatic rings. The zero-order valence-corrected chi connectivity index (χ0v) is 5.87. The smallest absolute Gasteiger partial charge is 0.339 e. The molecular weight excluding hydrogens is 144 g/mol. The number of aliphatic hydroxyl groups excluding tert-OH is 1. The van der Waals surface area contributed by atoms with Crippen LogP contribution in [0.4, 0.5) is 0 Å². The van der Waals surface area contributed by atoms with Gasteiger partial charge in [0.25, 0.3) is 0 Å². The molecule has 0 fully saturated rings. The second-order valence-electron chi connectivity index (χ2n) is 2.33. The first-order chi connectivity index (χ1) is 5.11. The predicted molar refractivity (Wildman–Crippen MR) is 40.2 cm³/mol. The Bertz CT molecular complexity index is 271. The van der Waals surface area contributed by atoms with E-state index in [1.165, 1.54) is 6.08 Å². The van der Waals surface area contributed by atoms with Gasteiger partial charge in [-0.2, -0.15) is 0 Å². The predicted octanol–water partition coefficient (Wildman–Crippen LogP) is 1.40. The molecule has 0 unspecified atom stereocenters. The average molecular weight is 152 g/mol. The molecule has 0 aromatic carbocycles. The number of allylic oxidation sites excluding steroid dienone is 2. The molecular formula is C8H8O3. The van der Waals surface area contributed by atoms with E-state index in [2.05, 4.69) is 6.58 Å².